The quantitative estimate of drug-likeness (QED) is 0.774. The van der Waals surface area contributed by atoms with E-state index in [9.17, 15) is 0 Å². The van der Waals surface area contributed by atoms with Crippen LogP contribution < -0.4 is 5.73 Å². The zero-order chi connectivity index (χ0) is 8.27. The fourth-order valence-corrected chi connectivity index (χ4v) is 1.87. The van der Waals surface area contributed by atoms with E-state index in [1.54, 1.807) is 11.3 Å². The minimum Gasteiger partial charge on any atom is -0.330 e. The van der Waals surface area contributed by atoms with Crippen LogP contribution in [-0.4, -0.2) is 6.54 Å². The van der Waals surface area contributed by atoms with E-state index in [2.05, 4.69) is 6.58 Å². The molecule has 1 aromatic heterocycles. The zero-order valence-electron chi connectivity index (χ0n) is 6.14. The van der Waals surface area contributed by atoms with Crippen molar-refractivity contribution in [1.29, 1.82) is 0 Å². The Balaban J connectivity index is 2.69. The molecule has 11 heavy (non-hydrogen) atoms. The molecule has 0 unspecified atom stereocenters. The van der Waals surface area contributed by atoms with Crippen molar-refractivity contribution in [2.45, 2.75) is 6.42 Å². The Morgan fingerprint density at radius 2 is 2.45 bits per heavy atom. The van der Waals surface area contributed by atoms with E-state index < -0.39 is 0 Å². The molecule has 2 N–H and O–H groups in total. The molecule has 0 aliphatic carbocycles. The summed E-state index contributed by atoms with van der Waals surface area (Å²) >= 11 is 7.35. The number of nitrogens with two attached hydrogens (primary N) is 1. The highest BCUT2D eigenvalue weighted by atomic mass is 35.5. The number of halogens is 1. The minimum absolute atomic E-state index is 0.647. The minimum atomic E-state index is 0.647. The summed E-state index contributed by atoms with van der Waals surface area (Å²) in [6.07, 6.45) is 0.844. The van der Waals surface area contributed by atoms with Crippen LogP contribution in [0.1, 0.15) is 11.3 Å². The van der Waals surface area contributed by atoms with Crippen molar-refractivity contribution in [3.8, 4) is 0 Å². The Bertz CT molecular complexity index is 254. The van der Waals surface area contributed by atoms with Gasteiger partial charge < -0.3 is 5.73 Å². The van der Waals surface area contributed by atoms with Crippen LogP contribution in [0.3, 0.4) is 0 Å². The van der Waals surface area contributed by atoms with Gasteiger partial charge in [-0.15, -0.1) is 11.3 Å². The molecule has 0 saturated heterocycles. The average Bonchev–Trinajstić information content (AvgIpc) is 2.36. The van der Waals surface area contributed by atoms with E-state index in [1.807, 2.05) is 11.4 Å². The van der Waals surface area contributed by atoms with Crippen LogP contribution in [0, 0.1) is 0 Å². The molecule has 1 aromatic rings. The van der Waals surface area contributed by atoms with Crippen LogP contribution in [0.15, 0.2) is 18.0 Å². The van der Waals surface area contributed by atoms with Gasteiger partial charge in [-0.05, 0) is 24.6 Å². The van der Waals surface area contributed by atoms with Gasteiger partial charge in [-0.1, -0.05) is 18.2 Å². The van der Waals surface area contributed by atoms with Crippen molar-refractivity contribution in [2.75, 3.05) is 6.54 Å². The Morgan fingerprint density at radius 3 is 2.91 bits per heavy atom. The zero-order valence-corrected chi connectivity index (χ0v) is 7.71. The third-order valence-electron chi connectivity index (χ3n) is 1.36. The first-order valence-electron chi connectivity index (χ1n) is 3.36. The second-order valence-corrected chi connectivity index (χ2v) is 3.62. The topological polar surface area (TPSA) is 26.0 Å². The van der Waals surface area contributed by atoms with Crippen molar-refractivity contribution < 1.29 is 0 Å². The van der Waals surface area contributed by atoms with E-state index in [0.717, 1.165) is 21.9 Å². The average molecular weight is 188 g/mol. The molecule has 60 valence electrons. The van der Waals surface area contributed by atoms with Crippen LogP contribution in [0.4, 0.5) is 0 Å². The van der Waals surface area contributed by atoms with E-state index >= 15 is 0 Å². The number of rotatable bonds is 3. The van der Waals surface area contributed by atoms with Gasteiger partial charge in [0.1, 0.15) is 0 Å². The molecular formula is C8H10ClNS. The van der Waals surface area contributed by atoms with Gasteiger partial charge in [0, 0.05) is 10.3 Å². The molecule has 3 heteroatoms. The molecule has 0 aromatic carbocycles. The third kappa shape index (κ3) is 2.33. The summed E-state index contributed by atoms with van der Waals surface area (Å²) in [6.45, 7) is 4.55. The predicted molar refractivity (Wildman–Crippen MR) is 52.0 cm³/mol. The molecule has 0 amide bonds. The SMILES string of the molecule is C=C(CCN)c1cc(Cl)cs1. The third-order valence-corrected chi connectivity index (χ3v) is 2.74. The Hall–Kier alpha value is -0.310. The van der Waals surface area contributed by atoms with Crippen LogP contribution >= 0.6 is 22.9 Å². The highest BCUT2D eigenvalue weighted by Crippen LogP contribution is 2.26. The summed E-state index contributed by atoms with van der Waals surface area (Å²) in [4.78, 5) is 1.14. The molecule has 0 fully saturated rings. The van der Waals surface area contributed by atoms with Crippen molar-refractivity contribution in [3.63, 3.8) is 0 Å². The van der Waals surface area contributed by atoms with Crippen LogP contribution in [0.2, 0.25) is 5.02 Å². The molecule has 0 radical (unpaired) electrons. The molecule has 1 rings (SSSR count). The highest BCUT2D eigenvalue weighted by Gasteiger charge is 2.00. The van der Waals surface area contributed by atoms with Gasteiger partial charge in [0.25, 0.3) is 0 Å². The van der Waals surface area contributed by atoms with Gasteiger partial charge in [0.15, 0.2) is 0 Å². The number of hydrogen-bond donors (Lipinski definition) is 1. The van der Waals surface area contributed by atoms with E-state index in [4.69, 9.17) is 17.3 Å². The summed E-state index contributed by atoms with van der Waals surface area (Å²) < 4.78 is 0. The molecule has 0 spiro atoms. The molecule has 0 atom stereocenters. The summed E-state index contributed by atoms with van der Waals surface area (Å²) in [5.41, 5.74) is 6.46. The van der Waals surface area contributed by atoms with E-state index in [-0.39, 0.29) is 0 Å². The molecule has 1 nitrogen and oxygen atoms in total. The predicted octanol–water partition coefficient (Wildman–Crippen LogP) is 2.76. The lowest BCUT2D eigenvalue weighted by molar-refractivity contribution is 1.03. The van der Waals surface area contributed by atoms with Crippen molar-refractivity contribution in [3.05, 3.63) is 27.9 Å². The molecular weight excluding hydrogens is 178 g/mol. The smallest absolute Gasteiger partial charge is 0.0519 e. The summed E-state index contributed by atoms with van der Waals surface area (Å²) in [6, 6.07) is 1.92. The van der Waals surface area contributed by atoms with E-state index in [0.29, 0.717) is 6.54 Å². The second kappa shape index (κ2) is 3.90. The van der Waals surface area contributed by atoms with Gasteiger partial charge >= 0.3 is 0 Å². The first-order valence-corrected chi connectivity index (χ1v) is 4.62. The Morgan fingerprint density at radius 1 is 1.73 bits per heavy atom. The monoisotopic (exact) mass is 187 g/mol. The van der Waals surface area contributed by atoms with Crippen LogP contribution in [-0.2, 0) is 0 Å². The molecule has 1 heterocycles. The molecule has 0 saturated carbocycles. The first-order chi connectivity index (χ1) is 5.24. The fraction of sp³-hybridized carbons (Fsp3) is 0.250. The van der Waals surface area contributed by atoms with Gasteiger partial charge in [-0.3, -0.25) is 0 Å². The number of hydrogen-bond acceptors (Lipinski definition) is 2. The van der Waals surface area contributed by atoms with Gasteiger partial charge in [-0.25, -0.2) is 0 Å². The Labute approximate surface area is 75.5 Å². The van der Waals surface area contributed by atoms with Crippen molar-refractivity contribution in [1.82, 2.24) is 0 Å². The van der Waals surface area contributed by atoms with Gasteiger partial charge in [0.05, 0.1) is 5.02 Å². The maximum absolute atomic E-state index is 5.74. The summed E-state index contributed by atoms with van der Waals surface area (Å²) in [7, 11) is 0. The molecule has 0 aliphatic rings. The highest BCUT2D eigenvalue weighted by molar-refractivity contribution is 7.11. The first kappa shape index (κ1) is 8.78. The lowest BCUT2D eigenvalue weighted by Crippen LogP contribution is -1.98. The fourth-order valence-electron chi connectivity index (χ4n) is 0.796. The maximum Gasteiger partial charge on any atom is 0.0519 e. The lowest BCUT2D eigenvalue weighted by Gasteiger charge is -1.97. The summed E-state index contributed by atoms with van der Waals surface area (Å²) in [5, 5.41) is 2.68. The largest absolute Gasteiger partial charge is 0.330 e. The van der Waals surface area contributed by atoms with Gasteiger partial charge in [0.2, 0.25) is 0 Å². The van der Waals surface area contributed by atoms with Gasteiger partial charge in [-0.2, -0.15) is 0 Å². The molecule has 0 bridgehead atoms. The maximum atomic E-state index is 5.74. The second-order valence-electron chi connectivity index (χ2n) is 2.27. The van der Waals surface area contributed by atoms with Crippen molar-refractivity contribution in [2.24, 2.45) is 5.73 Å². The van der Waals surface area contributed by atoms with E-state index in [1.165, 1.54) is 0 Å². The normalized spacial score (nSPS) is 10.0. The van der Waals surface area contributed by atoms with Crippen molar-refractivity contribution >= 4 is 28.5 Å². The van der Waals surface area contributed by atoms with Crippen LogP contribution in [0.5, 0.6) is 0 Å². The molecule has 0 aliphatic heterocycles. The lowest BCUT2D eigenvalue weighted by atomic mass is 10.2. The Kier molecular flexibility index (Phi) is 3.12. The number of thiophene rings is 1. The van der Waals surface area contributed by atoms with Crippen LogP contribution in [0.25, 0.3) is 5.57 Å². The summed E-state index contributed by atoms with van der Waals surface area (Å²) in [5.74, 6) is 0. The standard InChI is InChI=1S/C8H10ClNS/c1-6(2-3-10)8-4-7(9)5-11-8/h4-5H,1-3,10H2.